The Balaban J connectivity index is 0.00000200. The van der Waals surface area contributed by atoms with Crippen molar-refractivity contribution in [3.63, 3.8) is 0 Å². The summed E-state index contributed by atoms with van der Waals surface area (Å²) in [5, 5.41) is 12.7. The number of carbonyl (C=O) groups is 2. The summed E-state index contributed by atoms with van der Waals surface area (Å²) < 4.78 is 0. The smallest absolute Gasteiger partial charge is 0.252 e. The molecular formula is C13H20ClN3O2S. The van der Waals surface area contributed by atoms with Crippen molar-refractivity contribution in [2.24, 2.45) is 0 Å². The molecule has 1 saturated heterocycles. The van der Waals surface area contributed by atoms with Crippen LogP contribution >= 0.6 is 23.7 Å². The molecule has 112 valence electrons. The third kappa shape index (κ3) is 5.48. The molecule has 0 radical (unpaired) electrons. The fraction of sp³-hybridized carbons (Fsp3) is 0.538. The van der Waals surface area contributed by atoms with E-state index in [1.54, 1.807) is 11.4 Å². The van der Waals surface area contributed by atoms with Gasteiger partial charge in [0.15, 0.2) is 0 Å². The first-order chi connectivity index (χ1) is 9.25. The van der Waals surface area contributed by atoms with Crippen molar-refractivity contribution in [1.29, 1.82) is 0 Å². The molecule has 0 bridgehead atoms. The van der Waals surface area contributed by atoms with Crippen LogP contribution in [0.25, 0.3) is 0 Å². The minimum atomic E-state index is -0.115. The van der Waals surface area contributed by atoms with Crippen LogP contribution in [0.3, 0.4) is 0 Å². The van der Waals surface area contributed by atoms with Gasteiger partial charge in [-0.25, -0.2) is 0 Å². The van der Waals surface area contributed by atoms with Gasteiger partial charge >= 0.3 is 0 Å². The molecule has 20 heavy (non-hydrogen) atoms. The Bertz CT molecular complexity index is 419. The fourth-order valence-corrected chi connectivity index (χ4v) is 2.69. The largest absolute Gasteiger partial charge is 0.353 e. The van der Waals surface area contributed by atoms with Crippen LogP contribution in [-0.2, 0) is 4.79 Å². The van der Waals surface area contributed by atoms with Crippen LogP contribution in [0.5, 0.6) is 0 Å². The van der Waals surface area contributed by atoms with Gasteiger partial charge in [0.05, 0.1) is 0 Å². The molecular weight excluding hydrogens is 298 g/mol. The highest BCUT2D eigenvalue weighted by Crippen LogP contribution is 2.05. The molecule has 0 aromatic carbocycles. The zero-order valence-electron chi connectivity index (χ0n) is 11.2. The average molecular weight is 318 g/mol. The van der Waals surface area contributed by atoms with E-state index < -0.39 is 0 Å². The summed E-state index contributed by atoms with van der Waals surface area (Å²) in [6, 6.07) is 2.05. The molecule has 1 aromatic rings. The fourth-order valence-electron chi connectivity index (χ4n) is 2.05. The van der Waals surface area contributed by atoms with Gasteiger partial charge in [-0.15, -0.1) is 12.4 Å². The maximum Gasteiger partial charge on any atom is 0.252 e. The molecule has 2 rings (SSSR count). The average Bonchev–Trinajstić information content (AvgIpc) is 2.93. The number of hydrogen-bond donors (Lipinski definition) is 3. The van der Waals surface area contributed by atoms with Crippen molar-refractivity contribution in [2.45, 2.75) is 25.3 Å². The van der Waals surface area contributed by atoms with E-state index in [1.165, 1.54) is 11.3 Å². The Morgan fingerprint density at radius 2 is 2.10 bits per heavy atom. The maximum absolute atomic E-state index is 11.7. The Labute approximate surface area is 128 Å². The molecule has 2 amide bonds. The van der Waals surface area contributed by atoms with Gasteiger partial charge in [-0.05, 0) is 37.4 Å². The van der Waals surface area contributed by atoms with E-state index >= 15 is 0 Å². The molecule has 7 heteroatoms. The molecule has 1 aliphatic rings. The molecule has 1 aliphatic heterocycles. The highest BCUT2D eigenvalue weighted by atomic mass is 35.5. The second-order valence-corrected chi connectivity index (χ2v) is 5.39. The quantitative estimate of drug-likeness (QED) is 0.763. The minimum absolute atomic E-state index is 0. The lowest BCUT2D eigenvalue weighted by atomic mass is 10.1. The first-order valence-electron chi connectivity index (χ1n) is 6.56. The number of nitrogens with one attached hydrogen (secondary N) is 3. The minimum Gasteiger partial charge on any atom is -0.353 e. The Kier molecular flexibility index (Phi) is 7.58. The summed E-state index contributed by atoms with van der Waals surface area (Å²) in [5.41, 5.74) is 0.656. The molecule has 0 aliphatic carbocycles. The summed E-state index contributed by atoms with van der Waals surface area (Å²) in [6.07, 6.45) is 2.29. The van der Waals surface area contributed by atoms with Gasteiger partial charge in [0.2, 0.25) is 5.91 Å². The summed E-state index contributed by atoms with van der Waals surface area (Å²) in [7, 11) is 0. The first-order valence-corrected chi connectivity index (χ1v) is 7.50. The van der Waals surface area contributed by atoms with Crippen molar-refractivity contribution >= 4 is 35.6 Å². The van der Waals surface area contributed by atoms with Crippen LogP contribution in [0.1, 0.15) is 29.6 Å². The number of piperidine rings is 1. The first kappa shape index (κ1) is 16.9. The van der Waals surface area contributed by atoms with Gasteiger partial charge in [-0.1, -0.05) is 0 Å². The Morgan fingerprint density at radius 1 is 1.35 bits per heavy atom. The Morgan fingerprint density at radius 3 is 2.75 bits per heavy atom. The highest BCUT2D eigenvalue weighted by Gasteiger charge is 2.15. The third-order valence-corrected chi connectivity index (χ3v) is 3.81. The van der Waals surface area contributed by atoms with Crippen molar-refractivity contribution in [1.82, 2.24) is 16.0 Å². The van der Waals surface area contributed by atoms with Gasteiger partial charge < -0.3 is 16.0 Å². The van der Waals surface area contributed by atoms with Gasteiger partial charge in [-0.3, -0.25) is 9.59 Å². The zero-order chi connectivity index (χ0) is 13.5. The molecule has 3 N–H and O–H groups in total. The van der Waals surface area contributed by atoms with Crippen molar-refractivity contribution < 1.29 is 9.59 Å². The summed E-state index contributed by atoms with van der Waals surface area (Å²) in [6.45, 7) is 2.30. The predicted molar refractivity (Wildman–Crippen MR) is 82.6 cm³/mol. The molecule has 0 saturated carbocycles. The molecule has 1 fully saturated rings. The van der Waals surface area contributed by atoms with E-state index in [4.69, 9.17) is 0 Å². The molecule has 1 aromatic heterocycles. The van der Waals surface area contributed by atoms with Crippen LogP contribution in [-0.4, -0.2) is 37.5 Å². The van der Waals surface area contributed by atoms with E-state index in [9.17, 15) is 9.59 Å². The molecule has 0 atom stereocenters. The predicted octanol–water partition coefficient (Wildman–Crippen LogP) is 1.16. The molecule has 5 nitrogen and oxygen atoms in total. The topological polar surface area (TPSA) is 70.2 Å². The van der Waals surface area contributed by atoms with Gasteiger partial charge in [0, 0.05) is 30.0 Å². The number of thiophene rings is 1. The Hall–Kier alpha value is -1.11. The second-order valence-electron chi connectivity index (χ2n) is 4.61. The number of carbonyl (C=O) groups excluding carboxylic acids is 2. The monoisotopic (exact) mass is 317 g/mol. The van der Waals surface area contributed by atoms with Gasteiger partial charge in [-0.2, -0.15) is 11.3 Å². The number of rotatable bonds is 5. The second kappa shape index (κ2) is 8.94. The molecule has 0 spiro atoms. The van der Waals surface area contributed by atoms with Gasteiger partial charge in [0.25, 0.3) is 5.91 Å². The van der Waals surface area contributed by atoms with E-state index in [2.05, 4.69) is 16.0 Å². The SMILES string of the molecule is Cl.O=C(CCNC(=O)c1ccsc1)NC1CCNCC1. The van der Waals surface area contributed by atoms with Crippen LogP contribution in [0.2, 0.25) is 0 Å². The zero-order valence-corrected chi connectivity index (χ0v) is 12.8. The summed E-state index contributed by atoms with van der Waals surface area (Å²) in [5.74, 6) is -0.103. The molecule has 2 heterocycles. The number of halogens is 1. The van der Waals surface area contributed by atoms with Crippen LogP contribution in [0.4, 0.5) is 0 Å². The van der Waals surface area contributed by atoms with E-state index in [-0.39, 0.29) is 30.3 Å². The van der Waals surface area contributed by atoms with Crippen LogP contribution < -0.4 is 16.0 Å². The lowest BCUT2D eigenvalue weighted by Crippen LogP contribution is -2.43. The van der Waals surface area contributed by atoms with Crippen molar-refractivity contribution in [3.05, 3.63) is 22.4 Å². The van der Waals surface area contributed by atoms with Crippen LogP contribution in [0, 0.1) is 0 Å². The lowest BCUT2D eigenvalue weighted by Gasteiger charge is -2.23. The molecule has 0 unspecified atom stereocenters. The van der Waals surface area contributed by atoms with Crippen molar-refractivity contribution in [3.8, 4) is 0 Å². The lowest BCUT2D eigenvalue weighted by molar-refractivity contribution is -0.121. The maximum atomic E-state index is 11.7. The van der Waals surface area contributed by atoms with E-state index in [1.807, 2.05) is 5.38 Å². The van der Waals surface area contributed by atoms with E-state index in [0.717, 1.165) is 25.9 Å². The van der Waals surface area contributed by atoms with E-state index in [0.29, 0.717) is 18.5 Å². The van der Waals surface area contributed by atoms with Gasteiger partial charge in [0.1, 0.15) is 0 Å². The normalized spacial score (nSPS) is 15.2. The number of amides is 2. The van der Waals surface area contributed by atoms with Crippen molar-refractivity contribution in [2.75, 3.05) is 19.6 Å². The standard InChI is InChI=1S/C13H19N3O2S.ClH/c17-12(16-11-1-5-14-6-2-11)3-7-15-13(18)10-4-8-19-9-10;/h4,8-9,11,14H,1-3,5-7H2,(H,15,18)(H,16,17);1H. The summed E-state index contributed by atoms with van der Waals surface area (Å²) >= 11 is 1.48. The third-order valence-electron chi connectivity index (χ3n) is 3.13. The highest BCUT2D eigenvalue weighted by molar-refractivity contribution is 7.08. The number of hydrogen-bond acceptors (Lipinski definition) is 4. The summed E-state index contributed by atoms with van der Waals surface area (Å²) in [4.78, 5) is 23.3. The van der Waals surface area contributed by atoms with Crippen LogP contribution in [0.15, 0.2) is 16.8 Å².